The molecule has 8 heteroatoms. The molecule has 0 bridgehead atoms. The highest BCUT2D eigenvalue weighted by atomic mass is 16.6. The largest absolute Gasteiger partial charge is 0.303 e. The smallest absolute Gasteiger partial charge is 0.279 e. The van der Waals surface area contributed by atoms with Gasteiger partial charge >= 0.3 is 0 Å². The minimum atomic E-state index is -0.626. The summed E-state index contributed by atoms with van der Waals surface area (Å²) in [6.07, 6.45) is 0. The zero-order valence-corrected chi connectivity index (χ0v) is 14.4. The number of hydrogen-bond acceptors (Lipinski definition) is 5. The molecule has 0 saturated heterocycles. The van der Waals surface area contributed by atoms with E-state index in [1.807, 2.05) is 30.3 Å². The van der Waals surface area contributed by atoms with E-state index in [0.717, 1.165) is 5.56 Å². The molecule has 0 aliphatic rings. The molecule has 138 valence electrons. The standard InChI is InChI=1S/C20H13N3O5/c24-20-14-8-4-10-16(22(25)26)18(14)19-15(9-5-11-17(19)23(27)28)21(20)12-13-6-2-1-3-7-13/h1-11H,12H2. The summed E-state index contributed by atoms with van der Waals surface area (Å²) >= 11 is 0. The van der Waals surface area contributed by atoms with Crippen LogP contribution in [-0.4, -0.2) is 14.4 Å². The number of non-ortho nitro benzene ring substituents is 2. The van der Waals surface area contributed by atoms with Crippen molar-refractivity contribution in [1.29, 1.82) is 0 Å². The van der Waals surface area contributed by atoms with E-state index in [9.17, 15) is 25.0 Å². The van der Waals surface area contributed by atoms with Gasteiger partial charge in [0.25, 0.3) is 16.9 Å². The highest BCUT2D eigenvalue weighted by Crippen LogP contribution is 2.36. The van der Waals surface area contributed by atoms with Gasteiger partial charge in [0.05, 0.1) is 38.1 Å². The van der Waals surface area contributed by atoms with Gasteiger partial charge < -0.3 is 4.57 Å². The van der Waals surface area contributed by atoms with Crippen LogP contribution in [0.1, 0.15) is 5.56 Å². The first-order chi connectivity index (χ1) is 13.5. The summed E-state index contributed by atoms with van der Waals surface area (Å²) in [7, 11) is 0. The van der Waals surface area contributed by atoms with Crippen LogP contribution in [0.4, 0.5) is 11.4 Å². The van der Waals surface area contributed by atoms with Gasteiger partial charge in [-0.25, -0.2) is 0 Å². The Morgan fingerprint density at radius 3 is 2.00 bits per heavy atom. The highest BCUT2D eigenvalue weighted by Gasteiger charge is 2.25. The van der Waals surface area contributed by atoms with Crippen LogP contribution in [0.5, 0.6) is 0 Å². The number of hydrogen-bond donors (Lipinski definition) is 0. The molecule has 8 nitrogen and oxygen atoms in total. The molecule has 1 heterocycles. The maximum Gasteiger partial charge on any atom is 0.279 e. The predicted molar refractivity (Wildman–Crippen MR) is 105 cm³/mol. The van der Waals surface area contributed by atoms with E-state index in [1.54, 1.807) is 6.07 Å². The van der Waals surface area contributed by atoms with Crippen molar-refractivity contribution in [1.82, 2.24) is 4.57 Å². The Morgan fingerprint density at radius 2 is 1.36 bits per heavy atom. The van der Waals surface area contributed by atoms with Crippen LogP contribution in [-0.2, 0) is 6.54 Å². The van der Waals surface area contributed by atoms with Gasteiger partial charge in [-0.05, 0) is 17.7 Å². The molecule has 4 rings (SSSR count). The number of benzene rings is 3. The third kappa shape index (κ3) is 2.67. The summed E-state index contributed by atoms with van der Waals surface area (Å²) < 4.78 is 1.42. The highest BCUT2D eigenvalue weighted by molar-refractivity contribution is 6.14. The van der Waals surface area contributed by atoms with E-state index >= 15 is 0 Å². The number of aromatic nitrogens is 1. The number of pyridine rings is 1. The van der Waals surface area contributed by atoms with Crippen LogP contribution < -0.4 is 5.56 Å². The monoisotopic (exact) mass is 375 g/mol. The quantitative estimate of drug-likeness (QED) is 0.304. The normalized spacial score (nSPS) is 11.0. The van der Waals surface area contributed by atoms with E-state index in [1.165, 1.54) is 34.9 Å². The summed E-state index contributed by atoms with van der Waals surface area (Å²) in [6.45, 7) is 0.190. The third-order valence-electron chi connectivity index (χ3n) is 4.66. The molecule has 0 amide bonds. The van der Waals surface area contributed by atoms with Crippen LogP contribution in [0.15, 0.2) is 71.5 Å². The molecule has 3 aromatic carbocycles. The third-order valence-corrected chi connectivity index (χ3v) is 4.66. The summed E-state index contributed by atoms with van der Waals surface area (Å²) in [5.74, 6) is 0. The first-order valence-corrected chi connectivity index (χ1v) is 8.40. The van der Waals surface area contributed by atoms with Gasteiger partial charge in [0.2, 0.25) is 0 Å². The second-order valence-corrected chi connectivity index (χ2v) is 6.26. The van der Waals surface area contributed by atoms with Crippen molar-refractivity contribution < 1.29 is 9.85 Å². The van der Waals surface area contributed by atoms with Gasteiger partial charge in [-0.3, -0.25) is 25.0 Å². The fourth-order valence-electron chi connectivity index (χ4n) is 3.47. The van der Waals surface area contributed by atoms with Gasteiger partial charge in [-0.1, -0.05) is 42.5 Å². The molecule has 0 spiro atoms. The number of fused-ring (bicyclic) bond motifs is 3. The minimum Gasteiger partial charge on any atom is -0.303 e. The lowest BCUT2D eigenvalue weighted by Crippen LogP contribution is -2.22. The zero-order chi connectivity index (χ0) is 19.8. The first kappa shape index (κ1) is 17.3. The summed E-state index contributed by atoms with van der Waals surface area (Å²) in [6, 6.07) is 17.6. The number of nitrogens with zero attached hydrogens (tertiary/aromatic N) is 3. The van der Waals surface area contributed by atoms with Crippen molar-refractivity contribution in [3.8, 4) is 0 Å². The molecule has 0 unspecified atom stereocenters. The Bertz CT molecular complexity index is 1310. The van der Waals surface area contributed by atoms with Crippen molar-refractivity contribution >= 4 is 33.1 Å². The molecule has 0 N–H and O–H groups in total. The Morgan fingerprint density at radius 1 is 0.750 bits per heavy atom. The maximum atomic E-state index is 13.2. The second-order valence-electron chi connectivity index (χ2n) is 6.26. The van der Waals surface area contributed by atoms with Crippen LogP contribution in [0, 0.1) is 20.2 Å². The molecule has 28 heavy (non-hydrogen) atoms. The van der Waals surface area contributed by atoms with Crippen molar-refractivity contribution in [2.75, 3.05) is 0 Å². The molecular formula is C20H13N3O5. The average Bonchev–Trinajstić information content (AvgIpc) is 2.70. The fraction of sp³-hybridized carbons (Fsp3) is 0.0500. The summed E-state index contributed by atoms with van der Waals surface area (Å²) in [5.41, 5.74) is 0.0713. The van der Waals surface area contributed by atoms with E-state index < -0.39 is 15.4 Å². The Hall–Kier alpha value is -4.07. The molecule has 0 aliphatic carbocycles. The van der Waals surface area contributed by atoms with Crippen LogP contribution in [0.3, 0.4) is 0 Å². The van der Waals surface area contributed by atoms with Gasteiger partial charge in [-0.2, -0.15) is 0 Å². The lowest BCUT2D eigenvalue weighted by atomic mass is 10.0. The molecule has 0 saturated carbocycles. The predicted octanol–water partition coefficient (Wildman–Crippen LogP) is 4.02. The summed E-state index contributed by atoms with van der Waals surface area (Å²) in [5, 5.41) is 23.4. The SMILES string of the molecule is O=c1c2cccc([N+](=O)[O-])c2c2c([N+](=O)[O-])cccc2n1Cc1ccccc1. The van der Waals surface area contributed by atoms with Crippen molar-refractivity contribution in [2.45, 2.75) is 6.54 Å². The first-order valence-electron chi connectivity index (χ1n) is 8.40. The molecule has 1 aromatic heterocycles. The van der Waals surface area contributed by atoms with Gasteiger partial charge in [0.1, 0.15) is 0 Å². The van der Waals surface area contributed by atoms with Crippen molar-refractivity contribution in [2.24, 2.45) is 0 Å². The van der Waals surface area contributed by atoms with E-state index in [2.05, 4.69) is 0 Å². The van der Waals surface area contributed by atoms with Gasteiger partial charge in [0.15, 0.2) is 0 Å². The second kappa shape index (κ2) is 6.58. The van der Waals surface area contributed by atoms with E-state index in [0.29, 0.717) is 0 Å². The Balaban J connectivity index is 2.21. The van der Waals surface area contributed by atoms with Crippen LogP contribution in [0.2, 0.25) is 0 Å². The van der Waals surface area contributed by atoms with Gasteiger partial charge in [-0.15, -0.1) is 0 Å². The topological polar surface area (TPSA) is 108 Å². The number of rotatable bonds is 4. The molecule has 0 fully saturated rings. The maximum absolute atomic E-state index is 13.2. The summed E-state index contributed by atoms with van der Waals surface area (Å²) in [4.78, 5) is 35.2. The minimum absolute atomic E-state index is 0.0101. The molecule has 0 radical (unpaired) electrons. The van der Waals surface area contributed by atoms with Crippen molar-refractivity contribution in [3.05, 3.63) is 103 Å². The lowest BCUT2D eigenvalue weighted by molar-refractivity contribution is -0.384. The Labute approximate surface area is 157 Å². The van der Waals surface area contributed by atoms with Crippen LogP contribution in [0.25, 0.3) is 21.7 Å². The molecule has 0 atom stereocenters. The van der Waals surface area contributed by atoms with Crippen LogP contribution >= 0.6 is 0 Å². The lowest BCUT2D eigenvalue weighted by Gasteiger charge is -2.13. The molecule has 4 aromatic rings. The molecule has 0 aliphatic heterocycles. The van der Waals surface area contributed by atoms with Crippen molar-refractivity contribution in [3.63, 3.8) is 0 Å². The zero-order valence-electron chi connectivity index (χ0n) is 14.4. The number of nitro groups is 2. The van der Waals surface area contributed by atoms with E-state index in [-0.39, 0.29) is 39.6 Å². The average molecular weight is 375 g/mol. The fourth-order valence-corrected chi connectivity index (χ4v) is 3.47. The Kier molecular flexibility index (Phi) is 4.08. The number of nitro benzene ring substituents is 2. The van der Waals surface area contributed by atoms with Gasteiger partial charge in [0, 0.05) is 12.1 Å². The molecular weight excluding hydrogens is 362 g/mol. The van der Waals surface area contributed by atoms with E-state index in [4.69, 9.17) is 0 Å².